The van der Waals surface area contributed by atoms with Gasteiger partial charge in [-0.15, -0.1) is 0 Å². The number of benzene rings is 1. The van der Waals surface area contributed by atoms with Crippen LogP contribution in [0, 0.1) is 6.92 Å². The van der Waals surface area contributed by atoms with Gasteiger partial charge in [0, 0.05) is 21.3 Å². The molecule has 3 N–H and O–H groups in total. The van der Waals surface area contributed by atoms with Gasteiger partial charge in [-0.05, 0) is 47.0 Å². The molecule has 2 rings (SSSR count). The third-order valence-corrected chi connectivity index (χ3v) is 4.24. The molecule has 0 saturated carbocycles. The minimum atomic E-state index is 0.298. The molecular formula is C14H16BrClN4. The molecule has 1 aromatic carbocycles. The van der Waals surface area contributed by atoms with E-state index in [-0.39, 0.29) is 0 Å². The predicted octanol–water partition coefficient (Wildman–Crippen LogP) is 4.28. The fourth-order valence-electron chi connectivity index (χ4n) is 2.15. The van der Waals surface area contributed by atoms with E-state index in [0.717, 1.165) is 21.3 Å². The van der Waals surface area contributed by atoms with Crippen LogP contribution in [-0.2, 0) is 0 Å². The second kappa shape index (κ2) is 6.08. The Balaban J connectivity index is 2.58. The summed E-state index contributed by atoms with van der Waals surface area (Å²) in [4.78, 5) is 9.08. The van der Waals surface area contributed by atoms with Crippen LogP contribution in [0.1, 0.15) is 31.0 Å². The van der Waals surface area contributed by atoms with Gasteiger partial charge in [-0.2, -0.15) is 0 Å². The Morgan fingerprint density at radius 3 is 2.55 bits per heavy atom. The van der Waals surface area contributed by atoms with Crippen molar-refractivity contribution in [2.24, 2.45) is 5.84 Å². The molecular weight excluding hydrogens is 340 g/mol. The molecule has 0 radical (unpaired) electrons. The van der Waals surface area contributed by atoms with Gasteiger partial charge in [0.1, 0.15) is 5.82 Å². The lowest BCUT2D eigenvalue weighted by atomic mass is 10.0. The molecule has 0 unspecified atom stereocenters. The van der Waals surface area contributed by atoms with Crippen molar-refractivity contribution < 1.29 is 0 Å². The van der Waals surface area contributed by atoms with Crippen LogP contribution in [0.25, 0.3) is 11.4 Å². The first-order valence-electron chi connectivity index (χ1n) is 6.24. The highest BCUT2D eigenvalue weighted by molar-refractivity contribution is 9.10. The number of nitrogens with zero attached hydrogens (tertiary/aromatic N) is 2. The first kappa shape index (κ1) is 15.2. The van der Waals surface area contributed by atoms with Gasteiger partial charge in [-0.1, -0.05) is 25.4 Å². The molecule has 1 aromatic heterocycles. The van der Waals surface area contributed by atoms with Gasteiger partial charge in [-0.3, -0.25) is 0 Å². The number of nitrogens with one attached hydrogen (secondary N) is 1. The van der Waals surface area contributed by atoms with Crippen LogP contribution in [0.15, 0.2) is 22.7 Å². The summed E-state index contributed by atoms with van der Waals surface area (Å²) in [6.45, 7) is 6.14. The number of aryl methyl sites for hydroxylation is 1. The van der Waals surface area contributed by atoms with Crippen molar-refractivity contribution in [3.05, 3.63) is 39.0 Å². The van der Waals surface area contributed by atoms with Crippen LogP contribution in [0.5, 0.6) is 0 Å². The number of nitrogen functional groups attached to an aromatic ring is 1. The fraction of sp³-hybridized carbons (Fsp3) is 0.286. The average molecular weight is 356 g/mol. The summed E-state index contributed by atoms with van der Waals surface area (Å²) in [5, 5.41) is 0.654. The zero-order valence-corrected chi connectivity index (χ0v) is 13.9. The Morgan fingerprint density at radius 1 is 1.30 bits per heavy atom. The van der Waals surface area contributed by atoms with Crippen molar-refractivity contribution >= 4 is 33.3 Å². The van der Waals surface area contributed by atoms with Crippen molar-refractivity contribution in [2.75, 3.05) is 5.43 Å². The van der Waals surface area contributed by atoms with Crippen LogP contribution >= 0.6 is 27.5 Å². The summed E-state index contributed by atoms with van der Waals surface area (Å²) in [6.07, 6.45) is 0. The molecule has 0 saturated heterocycles. The predicted molar refractivity (Wildman–Crippen MR) is 86.8 cm³/mol. The smallest absolute Gasteiger partial charge is 0.161 e. The van der Waals surface area contributed by atoms with Crippen LogP contribution < -0.4 is 11.3 Å². The zero-order valence-electron chi connectivity index (χ0n) is 11.5. The molecule has 106 valence electrons. The van der Waals surface area contributed by atoms with E-state index in [4.69, 9.17) is 17.4 Å². The highest BCUT2D eigenvalue weighted by atomic mass is 79.9. The third-order valence-electron chi connectivity index (χ3n) is 3.03. The van der Waals surface area contributed by atoms with Crippen molar-refractivity contribution in [2.45, 2.75) is 26.7 Å². The van der Waals surface area contributed by atoms with Crippen LogP contribution in [0.4, 0.5) is 5.82 Å². The van der Waals surface area contributed by atoms with E-state index in [0.29, 0.717) is 22.6 Å². The van der Waals surface area contributed by atoms with Gasteiger partial charge >= 0.3 is 0 Å². The van der Waals surface area contributed by atoms with Crippen molar-refractivity contribution in [1.29, 1.82) is 0 Å². The summed E-state index contributed by atoms with van der Waals surface area (Å²) >= 11 is 9.41. The molecule has 0 atom stereocenters. The lowest BCUT2D eigenvalue weighted by Crippen LogP contribution is -2.14. The van der Waals surface area contributed by atoms with E-state index < -0.39 is 0 Å². The Labute approximate surface area is 131 Å². The zero-order chi connectivity index (χ0) is 14.9. The monoisotopic (exact) mass is 354 g/mol. The molecule has 0 fully saturated rings. The molecule has 4 nitrogen and oxygen atoms in total. The fourth-order valence-corrected chi connectivity index (χ4v) is 2.64. The van der Waals surface area contributed by atoms with Crippen LogP contribution in [0.3, 0.4) is 0 Å². The lowest BCUT2D eigenvalue weighted by Gasteiger charge is -2.15. The molecule has 0 aliphatic rings. The summed E-state index contributed by atoms with van der Waals surface area (Å²) in [5.41, 5.74) is 5.50. The van der Waals surface area contributed by atoms with Crippen molar-refractivity contribution in [3.63, 3.8) is 0 Å². The number of nitrogens with two attached hydrogens (primary N) is 1. The molecule has 2 aromatic rings. The Kier molecular flexibility index (Phi) is 4.62. The van der Waals surface area contributed by atoms with E-state index in [1.165, 1.54) is 0 Å². The second-order valence-electron chi connectivity index (χ2n) is 4.82. The van der Waals surface area contributed by atoms with E-state index in [2.05, 4.69) is 45.2 Å². The number of hydrogen-bond donors (Lipinski definition) is 2. The van der Waals surface area contributed by atoms with Gasteiger partial charge in [-0.25, -0.2) is 15.8 Å². The lowest BCUT2D eigenvalue weighted by molar-refractivity contribution is 0.832. The van der Waals surface area contributed by atoms with Crippen molar-refractivity contribution in [3.8, 4) is 11.4 Å². The Hall–Kier alpha value is -1.17. The van der Waals surface area contributed by atoms with E-state index in [1.807, 2.05) is 25.1 Å². The summed E-state index contributed by atoms with van der Waals surface area (Å²) in [5.74, 6) is 7.17. The SMILES string of the molecule is Cc1nc(-c2ccc(Cl)c(Br)c2)nc(NN)c1C(C)C. The van der Waals surface area contributed by atoms with Gasteiger partial charge in [0.15, 0.2) is 5.82 Å². The topological polar surface area (TPSA) is 63.8 Å². The van der Waals surface area contributed by atoms with Gasteiger partial charge < -0.3 is 5.43 Å². The third kappa shape index (κ3) is 2.95. The summed E-state index contributed by atoms with van der Waals surface area (Å²) in [7, 11) is 0. The number of aromatic nitrogens is 2. The molecule has 0 spiro atoms. The van der Waals surface area contributed by atoms with Gasteiger partial charge in [0.2, 0.25) is 0 Å². The molecule has 0 bridgehead atoms. The average Bonchev–Trinajstić information content (AvgIpc) is 2.40. The largest absolute Gasteiger partial charge is 0.308 e. The highest BCUT2D eigenvalue weighted by Gasteiger charge is 2.15. The number of halogens is 2. The quantitative estimate of drug-likeness (QED) is 0.637. The van der Waals surface area contributed by atoms with E-state index in [9.17, 15) is 0 Å². The molecule has 6 heteroatoms. The minimum Gasteiger partial charge on any atom is -0.308 e. The first-order valence-corrected chi connectivity index (χ1v) is 7.41. The second-order valence-corrected chi connectivity index (χ2v) is 6.08. The van der Waals surface area contributed by atoms with Crippen LogP contribution in [-0.4, -0.2) is 9.97 Å². The van der Waals surface area contributed by atoms with Crippen molar-refractivity contribution in [1.82, 2.24) is 9.97 Å². The highest BCUT2D eigenvalue weighted by Crippen LogP contribution is 2.30. The van der Waals surface area contributed by atoms with Crippen LogP contribution in [0.2, 0.25) is 5.02 Å². The number of hydrazine groups is 1. The maximum Gasteiger partial charge on any atom is 0.161 e. The number of anilines is 1. The molecule has 0 aliphatic carbocycles. The van der Waals surface area contributed by atoms with Gasteiger partial charge in [0.25, 0.3) is 0 Å². The standard InChI is InChI=1S/C14H16BrClN4/c1-7(2)12-8(3)18-13(19-14(12)20-17)9-4-5-11(16)10(15)6-9/h4-7H,17H2,1-3H3,(H,18,19,20). The molecule has 0 amide bonds. The Bertz CT molecular complexity index is 643. The molecule has 0 aliphatic heterocycles. The molecule has 20 heavy (non-hydrogen) atoms. The summed E-state index contributed by atoms with van der Waals surface area (Å²) in [6, 6.07) is 5.59. The minimum absolute atomic E-state index is 0.298. The van der Waals surface area contributed by atoms with E-state index in [1.54, 1.807) is 0 Å². The van der Waals surface area contributed by atoms with E-state index >= 15 is 0 Å². The normalized spacial score (nSPS) is 10.9. The van der Waals surface area contributed by atoms with Gasteiger partial charge in [0.05, 0.1) is 5.02 Å². The first-order chi connectivity index (χ1) is 9.43. The maximum atomic E-state index is 6.00. The number of hydrogen-bond acceptors (Lipinski definition) is 4. The Morgan fingerprint density at radius 2 is 2.00 bits per heavy atom. The number of rotatable bonds is 3. The summed E-state index contributed by atoms with van der Waals surface area (Å²) < 4.78 is 0.813. The molecule has 1 heterocycles. The maximum absolute atomic E-state index is 6.00.